The summed E-state index contributed by atoms with van der Waals surface area (Å²) in [6.45, 7) is 0. The zero-order chi connectivity index (χ0) is 13.8. The average Bonchev–Trinajstić information content (AvgIpc) is 2.46. The van der Waals surface area contributed by atoms with E-state index in [2.05, 4.69) is 4.98 Å². The molecule has 0 spiro atoms. The standard InChI is InChI=1S/C14H11N3O2/c1-17(11-6-4-10(9-15)5-7-11)14(19)13-12(18)3-2-8-16-13/h2-8,18H,1H3. The molecule has 0 unspecified atom stereocenters. The van der Waals surface area contributed by atoms with E-state index in [0.717, 1.165) is 0 Å². The van der Waals surface area contributed by atoms with Crippen LogP contribution >= 0.6 is 0 Å². The molecule has 0 aliphatic rings. The molecule has 2 rings (SSSR count). The fraction of sp³-hybridized carbons (Fsp3) is 0.0714. The first kappa shape index (κ1) is 12.6. The second kappa shape index (κ2) is 5.19. The largest absolute Gasteiger partial charge is 0.505 e. The highest BCUT2D eigenvalue weighted by atomic mass is 16.3. The summed E-state index contributed by atoms with van der Waals surface area (Å²) in [5.41, 5.74) is 1.13. The number of benzene rings is 1. The average molecular weight is 253 g/mol. The smallest absolute Gasteiger partial charge is 0.280 e. The lowest BCUT2D eigenvalue weighted by Crippen LogP contribution is -2.27. The number of nitriles is 1. The Bertz CT molecular complexity index is 644. The van der Waals surface area contributed by atoms with Gasteiger partial charge in [0.05, 0.1) is 11.6 Å². The maximum absolute atomic E-state index is 12.2. The monoisotopic (exact) mass is 253 g/mol. The van der Waals surface area contributed by atoms with Gasteiger partial charge in [0.2, 0.25) is 0 Å². The summed E-state index contributed by atoms with van der Waals surface area (Å²) in [6.07, 6.45) is 1.44. The second-order valence-electron chi connectivity index (χ2n) is 3.89. The Morgan fingerprint density at radius 1 is 1.32 bits per heavy atom. The molecule has 5 heteroatoms. The predicted molar refractivity (Wildman–Crippen MR) is 69.8 cm³/mol. The van der Waals surface area contributed by atoms with Crippen LogP contribution in [-0.2, 0) is 0 Å². The molecule has 0 aliphatic heterocycles. The Hall–Kier alpha value is -2.87. The van der Waals surface area contributed by atoms with Crippen LogP contribution in [0.2, 0.25) is 0 Å². The first-order chi connectivity index (χ1) is 9.13. The molecule has 1 aromatic carbocycles. The Morgan fingerprint density at radius 2 is 2.00 bits per heavy atom. The normalized spacial score (nSPS) is 9.68. The molecule has 1 N–H and O–H groups in total. The third kappa shape index (κ3) is 2.53. The van der Waals surface area contributed by atoms with Gasteiger partial charge in [-0.1, -0.05) is 0 Å². The van der Waals surface area contributed by atoms with Gasteiger partial charge in [0.1, 0.15) is 5.75 Å². The molecule has 1 heterocycles. The third-order valence-electron chi connectivity index (χ3n) is 2.68. The van der Waals surface area contributed by atoms with Crippen molar-refractivity contribution in [1.82, 2.24) is 4.98 Å². The van der Waals surface area contributed by atoms with Crippen molar-refractivity contribution < 1.29 is 9.90 Å². The summed E-state index contributed by atoms with van der Waals surface area (Å²) in [4.78, 5) is 17.4. The van der Waals surface area contributed by atoms with Crippen molar-refractivity contribution in [2.45, 2.75) is 0 Å². The van der Waals surface area contributed by atoms with Gasteiger partial charge in [-0.2, -0.15) is 5.26 Å². The fourth-order valence-corrected chi connectivity index (χ4v) is 1.60. The van der Waals surface area contributed by atoms with Crippen molar-refractivity contribution in [2.24, 2.45) is 0 Å². The van der Waals surface area contributed by atoms with Crippen LogP contribution < -0.4 is 4.90 Å². The molecular weight excluding hydrogens is 242 g/mol. The van der Waals surface area contributed by atoms with Crippen LogP contribution in [0.5, 0.6) is 5.75 Å². The van der Waals surface area contributed by atoms with Gasteiger partial charge in [-0.05, 0) is 36.4 Å². The predicted octanol–water partition coefficient (Wildman–Crippen LogP) is 1.94. The minimum Gasteiger partial charge on any atom is -0.505 e. The number of aromatic hydroxyl groups is 1. The fourth-order valence-electron chi connectivity index (χ4n) is 1.60. The number of amides is 1. The van der Waals surface area contributed by atoms with Gasteiger partial charge in [-0.15, -0.1) is 0 Å². The number of aromatic nitrogens is 1. The van der Waals surface area contributed by atoms with E-state index in [1.54, 1.807) is 37.4 Å². The molecule has 0 radical (unpaired) electrons. The van der Waals surface area contributed by atoms with E-state index in [1.165, 1.54) is 17.2 Å². The third-order valence-corrected chi connectivity index (χ3v) is 2.68. The molecular formula is C14H11N3O2. The number of anilines is 1. The molecule has 0 bridgehead atoms. The van der Waals surface area contributed by atoms with Crippen molar-refractivity contribution in [1.29, 1.82) is 5.26 Å². The zero-order valence-electron chi connectivity index (χ0n) is 10.2. The van der Waals surface area contributed by atoms with Crippen molar-refractivity contribution in [3.8, 4) is 11.8 Å². The van der Waals surface area contributed by atoms with Crippen molar-refractivity contribution in [2.75, 3.05) is 11.9 Å². The second-order valence-corrected chi connectivity index (χ2v) is 3.89. The molecule has 19 heavy (non-hydrogen) atoms. The summed E-state index contributed by atoms with van der Waals surface area (Å²) in [5, 5.41) is 18.3. The van der Waals surface area contributed by atoms with E-state index in [9.17, 15) is 9.90 Å². The molecule has 94 valence electrons. The quantitative estimate of drug-likeness (QED) is 0.887. The minimum absolute atomic E-state index is 0.00522. The maximum atomic E-state index is 12.2. The molecule has 0 saturated carbocycles. The zero-order valence-corrected chi connectivity index (χ0v) is 10.2. The summed E-state index contributed by atoms with van der Waals surface area (Å²) < 4.78 is 0. The molecule has 5 nitrogen and oxygen atoms in total. The highest BCUT2D eigenvalue weighted by molar-refractivity contribution is 6.06. The SMILES string of the molecule is CN(C(=O)c1ncccc1O)c1ccc(C#N)cc1. The van der Waals surface area contributed by atoms with Crippen LogP contribution in [0.25, 0.3) is 0 Å². The van der Waals surface area contributed by atoms with Crippen LogP contribution in [0.1, 0.15) is 16.1 Å². The summed E-state index contributed by atoms with van der Waals surface area (Å²) in [7, 11) is 1.58. The highest BCUT2D eigenvalue weighted by Crippen LogP contribution is 2.19. The summed E-state index contributed by atoms with van der Waals surface area (Å²) in [5.74, 6) is -0.573. The number of carbonyl (C=O) groups is 1. The van der Waals surface area contributed by atoms with Gasteiger partial charge in [0, 0.05) is 18.9 Å². The van der Waals surface area contributed by atoms with E-state index >= 15 is 0 Å². The van der Waals surface area contributed by atoms with E-state index < -0.39 is 5.91 Å². The molecule has 2 aromatic rings. The summed E-state index contributed by atoms with van der Waals surface area (Å²) in [6, 6.07) is 11.5. The van der Waals surface area contributed by atoms with Gasteiger partial charge >= 0.3 is 0 Å². The van der Waals surface area contributed by atoms with Crippen LogP contribution in [0.3, 0.4) is 0 Å². The van der Waals surface area contributed by atoms with Gasteiger partial charge in [-0.25, -0.2) is 4.98 Å². The Morgan fingerprint density at radius 3 is 2.58 bits per heavy atom. The maximum Gasteiger partial charge on any atom is 0.280 e. The van der Waals surface area contributed by atoms with E-state index in [0.29, 0.717) is 11.3 Å². The van der Waals surface area contributed by atoms with E-state index in [1.807, 2.05) is 6.07 Å². The van der Waals surface area contributed by atoms with Gasteiger partial charge in [-0.3, -0.25) is 4.79 Å². The summed E-state index contributed by atoms with van der Waals surface area (Å²) >= 11 is 0. The Balaban J connectivity index is 2.29. The van der Waals surface area contributed by atoms with Crippen molar-refractivity contribution in [3.05, 3.63) is 53.9 Å². The van der Waals surface area contributed by atoms with E-state index in [-0.39, 0.29) is 11.4 Å². The molecule has 0 aliphatic carbocycles. The number of nitrogens with zero attached hydrogens (tertiary/aromatic N) is 3. The highest BCUT2D eigenvalue weighted by Gasteiger charge is 2.18. The first-order valence-corrected chi connectivity index (χ1v) is 5.55. The van der Waals surface area contributed by atoms with Crippen LogP contribution in [-0.4, -0.2) is 23.0 Å². The van der Waals surface area contributed by atoms with Crippen molar-refractivity contribution in [3.63, 3.8) is 0 Å². The van der Waals surface area contributed by atoms with E-state index in [4.69, 9.17) is 5.26 Å². The minimum atomic E-state index is -0.414. The van der Waals surface area contributed by atoms with Gasteiger partial charge in [0.25, 0.3) is 5.91 Å². The molecule has 1 aromatic heterocycles. The van der Waals surface area contributed by atoms with Crippen molar-refractivity contribution >= 4 is 11.6 Å². The molecule has 1 amide bonds. The molecule has 0 atom stereocenters. The van der Waals surface area contributed by atoms with Crippen LogP contribution in [0.4, 0.5) is 5.69 Å². The molecule has 0 fully saturated rings. The van der Waals surface area contributed by atoms with Crippen LogP contribution in [0.15, 0.2) is 42.6 Å². The lowest BCUT2D eigenvalue weighted by molar-refractivity contribution is 0.0985. The number of pyridine rings is 1. The number of hydrogen-bond acceptors (Lipinski definition) is 4. The topological polar surface area (TPSA) is 77.2 Å². The number of carbonyl (C=O) groups excluding carboxylic acids is 1. The van der Waals surface area contributed by atoms with Gasteiger partial charge < -0.3 is 10.0 Å². The molecule has 0 saturated heterocycles. The first-order valence-electron chi connectivity index (χ1n) is 5.55. The van der Waals surface area contributed by atoms with Gasteiger partial charge in [0.15, 0.2) is 5.69 Å². The Labute approximate surface area is 110 Å². The lowest BCUT2D eigenvalue weighted by atomic mass is 10.2. The Kier molecular flexibility index (Phi) is 3.44. The van der Waals surface area contributed by atoms with Crippen LogP contribution in [0, 0.1) is 11.3 Å². The number of rotatable bonds is 2. The number of hydrogen-bond donors (Lipinski definition) is 1. The lowest BCUT2D eigenvalue weighted by Gasteiger charge is -2.17.